The maximum absolute atomic E-state index is 12.9. The number of hydrogen-bond donors (Lipinski definition) is 1. The Bertz CT molecular complexity index is 773. The van der Waals surface area contributed by atoms with Crippen LogP contribution in [0.3, 0.4) is 0 Å². The Kier molecular flexibility index (Phi) is 5.36. The number of halogens is 1. The molecule has 0 bridgehead atoms. The lowest BCUT2D eigenvalue weighted by Crippen LogP contribution is -2.61. The third kappa shape index (κ3) is 3.26. The largest absolute Gasteiger partial charge is 0.320 e. The van der Waals surface area contributed by atoms with Gasteiger partial charge in [-0.3, -0.25) is 10.1 Å². The molecule has 2 aliphatic heterocycles. The molecule has 1 spiro atoms. The summed E-state index contributed by atoms with van der Waals surface area (Å²) in [7, 11) is -3.55. The van der Waals surface area contributed by atoms with E-state index in [0.717, 1.165) is 6.42 Å². The topological polar surface area (TPSA) is 69.7 Å². The van der Waals surface area contributed by atoms with E-state index in [4.69, 9.17) is 11.6 Å². The fourth-order valence-electron chi connectivity index (χ4n) is 4.01. The van der Waals surface area contributed by atoms with Crippen molar-refractivity contribution in [3.05, 3.63) is 29.3 Å². The molecule has 2 unspecified atom stereocenters. The smallest absolute Gasteiger partial charge is 0.243 e. The van der Waals surface area contributed by atoms with Gasteiger partial charge in [0.05, 0.1) is 16.6 Å². The summed E-state index contributed by atoms with van der Waals surface area (Å²) in [5, 5.41) is 3.95. The third-order valence-corrected chi connectivity index (χ3v) is 7.75. The van der Waals surface area contributed by atoms with Crippen molar-refractivity contribution in [3.63, 3.8) is 0 Å². The molecule has 3 rings (SSSR count). The van der Waals surface area contributed by atoms with Crippen LogP contribution in [0.25, 0.3) is 0 Å². The average molecular weight is 400 g/mol. The molecule has 0 aromatic heterocycles. The Morgan fingerprint density at radius 2 is 1.85 bits per heavy atom. The average Bonchev–Trinajstić information content (AvgIpc) is 2.85. The van der Waals surface area contributed by atoms with Crippen molar-refractivity contribution in [1.29, 1.82) is 0 Å². The van der Waals surface area contributed by atoms with Gasteiger partial charge in [-0.25, -0.2) is 8.42 Å². The van der Waals surface area contributed by atoms with Gasteiger partial charge in [-0.2, -0.15) is 4.31 Å². The first-order valence-electron chi connectivity index (χ1n) is 9.08. The third-order valence-electron chi connectivity index (χ3n) is 5.59. The summed E-state index contributed by atoms with van der Waals surface area (Å²) in [6, 6.07) is 6.13. The molecular formula is C18H26ClN3O3S. The molecule has 2 fully saturated rings. The number of carbonyl (C=O) groups excluding carboxylic acids is 1. The molecule has 0 saturated carbocycles. The van der Waals surface area contributed by atoms with E-state index in [1.165, 1.54) is 16.4 Å². The SMILES string of the molecule is CCC(C)N1C(=O)C(C)NC12CCN(S(=O)(=O)c1ccc(Cl)cc1)CC2. The Hall–Kier alpha value is -1.15. The number of carbonyl (C=O) groups is 1. The fourth-order valence-corrected chi connectivity index (χ4v) is 5.58. The van der Waals surface area contributed by atoms with Crippen LogP contribution in [-0.2, 0) is 14.8 Å². The highest BCUT2D eigenvalue weighted by molar-refractivity contribution is 7.89. The van der Waals surface area contributed by atoms with Gasteiger partial charge in [-0.05, 0) is 57.4 Å². The van der Waals surface area contributed by atoms with Crippen LogP contribution in [0, 0.1) is 0 Å². The van der Waals surface area contributed by atoms with Crippen LogP contribution >= 0.6 is 11.6 Å². The zero-order valence-electron chi connectivity index (χ0n) is 15.4. The Morgan fingerprint density at radius 1 is 1.27 bits per heavy atom. The summed E-state index contributed by atoms with van der Waals surface area (Å²) < 4.78 is 27.3. The molecule has 1 aromatic rings. The molecule has 1 aromatic carbocycles. The maximum atomic E-state index is 12.9. The molecule has 144 valence electrons. The Morgan fingerprint density at radius 3 is 2.38 bits per heavy atom. The number of amides is 1. The predicted octanol–water partition coefficient (Wildman–Crippen LogP) is 2.44. The highest BCUT2D eigenvalue weighted by atomic mass is 35.5. The minimum absolute atomic E-state index is 0.105. The second kappa shape index (κ2) is 7.11. The van der Waals surface area contributed by atoms with Gasteiger partial charge in [0, 0.05) is 24.2 Å². The summed E-state index contributed by atoms with van der Waals surface area (Å²) >= 11 is 5.86. The second-order valence-corrected chi connectivity index (χ2v) is 9.60. The van der Waals surface area contributed by atoms with Crippen LogP contribution in [0.15, 0.2) is 29.2 Å². The van der Waals surface area contributed by atoms with Crippen LogP contribution in [0.5, 0.6) is 0 Å². The van der Waals surface area contributed by atoms with Gasteiger partial charge in [0.25, 0.3) is 0 Å². The van der Waals surface area contributed by atoms with Crippen molar-refractivity contribution >= 4 is 27.5 Å². The zero-order chi connectivity index (χ0) is 19.1. The summed E-state index contributed by atoms with van der Waals surface area (Å²) in [5.74, 6) is 0.105. The first kappa shape index (κ1) is 19.6. The normalized spacial score (nSPS) is 25.0. The van der Waals surface area contributed by atoms with Gasteiger partial charge in [-0.1, -0.05) is 18.5 Å². The van der Waals surface area contributed by atoms with Gasteiger partial charge in [0.15, 0.2) is 0 Å². The minimum Gasteiger partial charge on any atom is -0.320 e. The molecule has 0 aliphatic carbocycles. The molecule has 6 nitrogen and oxygen atoms in total. The molecule has 2 atom stereocenters. The summed E-state index contributed by atoms with van der Waals surface area (Å²) in [6.45, 7) is 6.75. The van der Waals surface area contributed by atoms with Gasteiger partial charge in [0.1, 0.15) is 0 Å². The number of piperidine rings is 1. The number of nitrogens with one attached hydrogen (secondary N) is 1. The van der Waals surface area contributed by atoms with Crippen molar-refractivity contribution in [2.45, 2.75) is 62.7 Å². The highest BCUT2D eigenvalue weighted by Crippen LogP contribution is 2.36. The van der Waals surface area contributed by atoms with Crippen LogP contribution in [-0.4, -0.2) is 54.4 Å². The lowest BCUT2D eigenvalue weighted by atomic mass is 9.95. The molecule has 2 aliphatic rings. The number of nitrogens with zero attached hydrogens (tertiary/aromatic N) is 2. The Labute approximate surface area is 160 Å². The van der Waals surface area contributed by atoms with Crippen molar-refractivity contribution in [3.8, 4) is 0 Å². The quantitative estimate of drug-likeness (QED) is 0.844. The lowest BCUT2D eigenvalue weighted by Gasteiger charge is -2.46. The Balaban J connectivity index is 1.80. The van der Waals surface area contributed by atoms with Gasteiger partial charge in [-0.15, -0.1) is 0 Å². The van der Waals surface area contributed by atoms with Gasteiger partial charge >= 0.3 is 0 Å². The van der Waals surface area contributed by atoms with E-state index < -0.39 is 15.7 Å². The van der Waals surface area contributed by atoms with E-state index in [-0.39, 0.29) is 22.9 Å². The summed E-state index contributed by atoms with van der Waals surface area (Å²) in [4.78, 5) is 14.8. The monoisotopic (exact) mass is 399 g/mol. The van der Waals surface area contributed by atoms with E-state index in [2.05, 4.69) is 19.2 Å². The molecular weight excluding hydrogens is 374 g/mol. The molecule has 26 heavy (non-hydrogen) atoms. The van der Waals surface area contributed by atoms with Crippen molar-refractivity contribution in [2.24, 2.45) is 0 Å². The van der Waals surface area contributed by atoms with Crippen LogP contribution in [0.1, 0.15) is 40.0 Å². The molecule has 1 N–H and O–H groups in total. The van der Waals surface area contributed by atoms with Crippen LogP contribution in [0.4, 0.5) is 0 Å². The number of rotatable bonds is 4. The van der Waals surface area contributed by atoms with Gasteiger partial charge in [0.2, 0.25) is 15.9 Å². The van der Waals surface area contributed by atoms with Gasteiger partial charge < -0.3 is 4.90 Å². The number of benzene rings is 1. The van der Waals surface area contributed by atoms with Crippen molar-refractivity contribution in [2.75, 3.05) is 13.1 Å². The second-order valence-electron chi connectivity index (χ2n) is 7.22. The number of sulfonamides is 1. The lowest BCUT2D eigenvalue weighted by molar-refractivity contribution is -0.135. The molecule has 0 radical (unpaired) electrons. The minimum atomic E-state index is -3.55. The standard InChI is InChI=1S/C18H26ClN3O3S/c1-4-13(2)22-17(23)14(3)20-18(22)9-11-21(12-10-18)26(24,25)16-7-5-15(19)6-8-16/h5-8,13-14,20H,4,9-12H2,1-3H3. The van der Waals surface area contributed by atoms with Crippen molar-refractivity contribution in [1.82, 2.24) is 14.5 Å². The van der Waals surface area contributed by atoms with E-state index in [1.54, 1.807) is 12.1 Å². The van der Waals surface area contributed by atoms with Crippen molar-refractivity contribution < 1.29 is 13.2 Å². The van der Waals surface area contributed by atoms with Crippen LogP contribution < -0.4 is 5.32 Å². The maximum Gasteiger partial charge on any atom is 0.243 e. The first-order valence-corrected chi connectivity index (χ1v) is 10.9. The fraction of sp³-hybridized carbons (Fsp3) is 0.611. The van der Waals surface area contributed by atoms with Crippen LogP contribution in [0.2, 0.25) is 5.02 Å². The summed E-state index contributed by atoms with van der Waals surface area (Å²) in [6.07, 6.45) is 2.04. The van der Waals surface area contributed by atoms with E-state index >= 15 is 0 Å². The molecule has 1 amide bonds. The molecule has 2 saturated heterocycles. The van der Waals surface area contributed by atoms with E-state index in [0.29, 0.717) is 31.0 Å². The first-order chi connectivity index (χ1) is 12.2. The predicted molar refractivity (Wildman–Crippen MR) is 101 cm³/mol. The molecule has 2 heterocycles. The summed E-state index contributed by atoms with van der Waals surface area (Å²) in [5.41, 5.74) is -0.446. The highest BCUT2D eigenvalue weighted by Gasteiger charge is 2.52. The molecule has 8 heteroatoms. The zero-order valence-corrected chi connectivity index (χ0v) is 17.0. The van der Waals surface area contributed by atoms with E-state index in [9.17, 15) is 13.2 Å². The number of hydrogen-bond acceptors (Lipinski definition) is 4. The van der Waals surface area contributed by atoms with E-state index in [1.807, 2.05) is 11.8 Å².